The van der Waals surface area contributed by atoms with Gasteiger partial charge in [-0.3, -0.25) is 4.79 Å². The first kappa shape index (κ1) is 19.2. The molecule has 4 rings (SSSR count). The molecule has 0 atom stereocenters. The first-order chi connectivity index (χ1) is 14.0. The van der Waals surface area contributed by atoms with E-state index in [0.717, 1.165) is 53.9 Å². The molecule has 2 aromatic carbocycles. The number of rotatable bonds is 5. The first-order valence-electron chi connectivity index (χ1n) is 10.2. The Labute approximate surface area is 172 Å². The van der Waals surface area contributed by atoms with Crippen LogP contribution in [-0.4, -0.2) is 50.0 Å². The highest BCUT2D eigenvalue weighted by atomic mass is 16.2. The number of benzene rings is 2. The van der Waals surface area contributed by atoms with Crippen LogP contribution < -0.4 is 9.80 Å². The number of carbonyl (C=O) groups is 1. The van der Waals surface area contributed by atoms with Crippen LogP contribution in [0, 0.1) is 0 Å². The summed E-state index contributed by atoms with van der Waals surface area (Å²) in [5.74, 6) is 0.836. The Bertz CT molecular complexity index is 1010. The summed E-state index contributed by atoms with van der Waals surface area (Å²) in [5.41, 5.74) is 3.89. The number of nitrogens with zero attached hydrogens (tertiary/aromatic N) is 4. The smallest absolute Gasteiger partial charge is 0.257 e. The highest BCUT2D eigenvalue weighted by Crippen LogP contribution is 2.28. The van der Waals surface area contributed by atoms with Gasteiger partial charge < -0.3 is 14.7 Å². The molecule has 0 bridgehead atoms. The third-order valence-corrected chi connectivity index (χ3v) is 5.56. The predicted octanol–water partition coefficient (Wildman–Crippen LogP) is 4.17. The molecule has 0 saturated carbocycles. The molecule has 1 saturated heterocycles. The summed E-state index contributed by atoms with van der Waals surface area (Å²) in [6.45, 7) is 2.49. The number of pyridine rings is 1. The molecule has 150 valence electrons. The topological polar surface area (TPSA) is 39.7 Å². The highest BCUT2D eigenvalue weighted by Gasteiger charge is 2.24. The summed E-state index contributed by atoms with van der Waals surface area (Å²) >= 11 is 0. The number of fused-ring (bicyclic) bond motifs is 1. The van der Waals surface area contributed by atoms with Gasteiger partial charge in [-0.25, -0.2) is 4.98 Å². The molecule has 1 fully saturated rings. The van der Waals surface area contributed by atoms with Gasteiger partial charge in [0.05, 0.1) is 11.1 Å². The largest absolute Gasteiger partial charge is 0.378 e. The van der Waals surface area contributed by atoms with Crippen molar-refractivity contribution >= 4 is 28.3 Å². The molecule has 1 aromatic heterocycles. The van der Waals surface area contributed by atoms with Crippen LogP contribution >= 0.6 is 0 Å². The molecule has 1 amide bonds. The maximum atomic E-state index is 13.4. The Morgan fingerprint density at radius 2 is 1.69 bits per heavy atom. The summed E-state index contributed by atoms with van der Waals surface area (Å²) in [6.07, 6.45) is 2.30. The normalized spacial score (nSPS) is 13.7. The quantitative estimate of drug-likeness (QED) is 0.658. The number of hydrogen-bond acceptors (Lipinski definition) is 4. The van der Waals surface area contributed by atoms with E-state index in [1.165, 1.54) is 0 Å². The fourth-order valence-electron chi connectivity index (χ4n) is 3.88. The minimum atomic E-state index is 0.0156. The van der Waals surface area contributed by atoms with Gasteiger partial charge in [-0.1, -0.05) is 30.3 Å². The molecule has 1 aliphatic heterocycles. The number of para-hydroxylation sites is 1. The Hall–Kier alpha value is -3.08. The SMILES string of the molecule is CN(Cc1ccc(N(C)C)cc1)C(=O)c1cc2ccccc2nc1N1CCCC1. The van der Waals surface area contributed by atoms with E-state index in [2.05, 4.69) is 34.1 Å². The lowest BCUT2D eigenvalue weighted by Gasteiger charge is -2.24. The molecule has 5 nitrogen and oxygen atoms in total. The van der Waals surface area contributed by atoms with Crippen LogP contribution in [0.4, 0.5) is 11.5 Å². The lowest BCUT2D eigenvalue weighted by Crippen LogP contribution is -2.30. The van der Waals surface area contributed by atoms with E-state index in [1.54, 1.807) is 4.90 Å². The third-order valence-electron chi connectivity index (χ3n) is 5.56. The minimum Gasteiger partial charge on any atom is -0.378 e. The second-order valence-corrected chi connectivity index (χ2v) is 7.97. The maximum absolute atomic E-state index is 13.4. The van der Waals surface area contributed by atoms with E-state index in [1.807, 2.05) is 51.5 Å². The predicted molar refractivity (Wildman–Crippen MR) is 120 cm³/mol. The van der Waals surface area contributed by atoms with Gasteiger partial charge in [-0.05, 0) is 42.7 Å². The summed E-state index contributed by atoms with van der Waals surface area (Å²) < 4.78 is 0. The number of anilines is 2. The molecule has 5 heteroatoms. The number of hydrogen-bond donors (Lipinski definition) is 0. The number of carbonyl (C=O) groups excluding carboxylic acids is 1. The second-order valence-electron chi connectivity index (χ2n) is 7.97. The van der Waals surface area contributed by atoms with Crippen LogP contribution in [0.2, 0.25) is 0 Å². The van der Waals surface area contributed by atoms with Crippen molar-refractivity contribution in [3.05, 3.63) is 65.7 Å². The summed E-state index contributed by atoms with van der Waals surface area (Å²) in [4.78, 5) is 24.4. The second kappa shape index (κ2) is 8.11. The van der Waals surface area contributed by atoms with E-state index >= 15 is 0 Å². The molecule has 3 aromatic rings. The van der Waals surface area contributed by atoms with Gasteiger partial charge in [-0.2, -0.15) is 0 Å². The molecule has 29 heavy (non-hydrogen) atoms. The van der Waals surface area contributed by atoms with Crippen molar-refractivity contribution < 1.29 is 4.79 Å². The van der Waals surface area contributed by atoms with Crippen LogP contribution in [0.15, 0.2) is 54.6 Å². The van der Waals surface area contributed by atoms with Gasteiger partial charge in [0.15, 0.2) is 0 Å². The van der Waals surface area contributed by atoms with Crippen molar-refractivity contribution in [1.29, 1.82) is 0 Å². The lowest BCUT2D eigenvalue weighted by atomic mass is 10.1. The average Bonchev–Trinajstić information content (AvgIpc) is 3.27. The zero-order valence-electron chi connectivity index (χ0n) is 17.4. The van der Waals surface area contributed by atoms with Crippen LogP contribution in [0.5, 0.6) is 0 Å². The van der Waals surface area contributed by atoms with Crippen molar-refractivity contribution in [2.24, 2.45) is 0 Å². The fraction of sp³-hybridized carbons (Fsp3) is 0.333. The van der Waals surface area contributed by atoms with Crippen LogP contribution in [0.1, 0.15) is 28.8 Å². The molecular weight excluding hydrogens is 360 g/mol. The first-order valence-corrected chi connectivity index (χ1v) is 10.2. The van der Waals surface area contributed by atoms with Gasteiger partial charge in [0.2, 0.25) is 0 Å². The van der Waals surface area contributed by atoms with Crippen molar-refractivity contribution in [2.75, 3.05) is 44.0 Å². The number of amides is 1. The minimum absolute atomic E-state index is 0.0156. The van der Waals surface area contributed by atoms with E-state index in [9.17, 15) is 4.79 Å². The van der Waals surface area contributed by atoms with Crippen molar-refractivity contribution in [2.45, 2.75) is 19.4 Å². The summed E-state index contributed by atoms with van der Waals surface area (Å²) in [5, 5.41) is 1.00. The highest BCUT2D eigenvalue weighted by molar-refractivity contribution is 6.02. The van der Waals surface area contributed by atoms with Gasteiger partial charge in [0.1, 0.15) is 5.82 Å². The van der Waals surface area contributed by atoms with E-state index in [-0.39, 0.29) is 5.91 Å². The van der Waals surface area contributed by atoms with Crippen molar-refractivity contribution in [1.82, 2.24) is 9.88 Å². The van der Waals surface area contributed by atoms with Gasteiger partial charge in [-0.15, -0.1) is 0 Å². The zero-order chi connectivity index (χ0) is 20.4. The Kier molecular flexibility index (Phi) is 5.38. The summed E-state index contributed by atoms with van der Waals surface area (Å²) in [6, 6.07) is 18.4. The Morgan fingerprint density at radius 3 is 2.38 bits per heavy atom. The monoisotopic (exact) mass is 388 g/mol. The average molecular weight is 389 g/mol. The molecule has 0 N–H and O–H groups in total. The molecule has 2 heterocycles. The van der Waals surface area contributed by atoms with Crippen LogP contribution in [0.3, 0.4) is 0 Å². The molecule has 0 spiro atoms. The van der Waals surface area contributed by atoms with Crippen LogP contribution in [-0.2, 0) is 6.54 Å². The Morgan fingerprint density at radius 1 is 1.00 bits per heavy atom. The van der Waals surface area contributed by atoms with E-state index < -0.39 is 0 Å². The molecule has 0 radical (unpaired) electrons. The summed E-state index contributed by atoms with van der Waals surface area (Å²) in [7, 11) is 5.92. The Balaban J connectivity index is 1.63. The van der Waals surface area contributed by atoms with Crippen molar-refractivity contribution in [3.8, 4) is 0 Å². The van der Waals surface area contributed by atoms with Gasteiger partial charge >= 0.3 is 0 Å². The molecule has 1 aliphatic rings. The lowest BCUT2D eigenvalue weighted by molar-refractivity contribution is 0.0785. The molecule has 0 aliphatic carbocycles. The fourth-order valence-corrected chi connectivity index (χ4v) is 3.88. The third kappa shape index (κ3) is 4.04. The molecule has 0 unspecified atom stereocenters. The molecular formula is C24H28N4O. The van der Waals surface area contributed by atoms with E-state index in [4.69, 9.17) is 4.98 Å². The van der Waals surface area contributed by atoms with Gasteiger partial charge in [0.25, 0.3) is 5.91 Å². The number of aromatic nitrogens is 1. The van der Waals surface area contributed by atoms with E-state index in [0.29, 0.717) is 12.1 Å². The zero-order valence-corrected chi connectivity index (χ0v) is 17.4. The van der Waals surface area contributed by atoms with Crippen molar-refractivity contribution in [3.63, 3.8) is 0 Å². The van der Waals surface area contributed by atoms with Crippen LogP contribution in [0.25, 0.3) is 10.9 Å². The maximum Gasteiger partial charge on any atom is 0.257 e. The standard InChI is InChI=1S/C24H28N4O/c1-26(2)20-12-10-18(11-13-20)17-27(3)24(29)21-16-19-8-4-5-9-22(19)25-23(21)28-14-6-7-15-28/h4-5,8-13,16H,6-7,14-15,17H2,1-3H3. The van der Waals surface area contributed by atoms with Gasteiger partial charge in [0, 0.05) is 51.9 Å².